The molecule has 7 nitrogen and oxygen atoms in total. The van der Waals surface area contributed by atoms with Gasteiger partial charge in [0.1, 0.15) is 0 Å². The topological polar surface area (TPSA) is 92.1 Å². The van der Waals surface area contributed by atoms with Crippen LogP contribution in [0.25, 0.3) is 0 Å². The van der Waals surface area contributed by atoms with E-state index in [-0.39, 0.29) is 0 Å². The van der Waals surface area contributed by atoms with Crippen molar-refractivity contribution in [3.8, 4) is 0 Å². The van der Waals surface area contributed by atoms with Gasteiger partial charge < -0.3 is 16.0 Å². The number of anilines is 1. The molecular weight excluding hydrogens is 298 g/mol. The molecule has 9 heteroatoms. The molecule has 0 atom stereocenters. The highest BCUT2D eigenvalue weighted by Gasteiger charge is 2.02. The van der Waals surface area contributed by atoms with Crippen LogP contribution in [0.2, 0.25) is 0 Å². The van der Waals surface area contributed by atoms with Gasteiger partial charge in [0.2, 0.25) is 0 Å². The first-order valence-electron chi connectivity index (χ1n) is 6.18. The van der Waals surface area contributed by atoms with E-state index in [2.05, 4.69) is 20.9 Å². The van der Waals surface area contributed by atoms with E-state index in [9.17, 15) is 10.1 Å². The number of hydrogen-bond donors (Lipinski definition) is 3. The predicted molar refractivity (Wildman–Crippen MR) is 84.6 cm³/mol. The molecule has 0 unspecified atom stereocenters. The van der Waals surface area contributed by atoms with E-state index < -0.39 is 4.92 Å². The molecule has 0 spiro atoms. The Hall–Kier alpha value is -1.48. The molecule has 1 heterocycles. The van der Waals surface area contributed by atoms with Crippen LogP contribution in [-0.2, 0) is 5.75 Å². The summed E-state index contributed by atoms with van der Waals surface area (Å²) in [6.07, 6.45) is 0.952. The molecule has 0 aliphatic heterocycles. The maximum atomic E-state index is 10.4. The van der Waals surface area contributed by atoms with Crippen molar-refractivity contribution in [2.45, 2.75) is 12.7 Å². The van der Waals surface area contributed by atoms with Gasteiger partial charge in [-0.15, -0.1) is 11.3 Å². The van der Waals surface area contributed by atoms with Crippen LogP contribution in [0.3, 0.4) is 0 Å². The Labute approximate surface area is 126 Å². The highest BCUT2D eigenvalue weighted by Crippen LogP contribution is 2.18. The summed E-state index contributed by atoms with van der Waals surface area (Å²) in [5, 5.41) is 22.3. The fraction of sp³-hybridized carbons (Fsp3) is 0.545. The molecule has 0 bridgehead atoms. The molecular formula is C11H19N5O2S2. The minimum Gasteiger partial charge on any atom is -0.367 e. The fourth-order valence-corrected chi connectivity index (χ4v) is 2.90. The minimum atomic E-state index is -0.466. The van der Waals surface area contributed by atoms with E-state index in [1.807, 2.05) is 19.4 Å². The monoisotopic (exact) mass is 317 g/mol. The summed E-state index contributed by atoms with van der Waals surface area (Å²) in [6.45, 7) is 3.21. The second-order valence-corrected chi connectivity index (χ2v) is 5.70. The third kappa shape index (κ3) is 6.62. The van der Waals surface area contributed by atoms with E-state index in [1.54, 1.807) is 23.1 Å². The number of nitrogens with one attached hydrogen (secondary N) is 3. The van der Waals surface area contributed by atoms with Gasteiger partial charge in [-0.05, 0) is 6.92 Å². The quantitative estimate of drug-likeness (QED) is 0.343. The van der Waals surface area contributed by atoms with Gasteiger partial charge in [0.05, 0.1) is 10.6 Å². The van der Waals surface area contributed by atoms with Crippen molar-refractivity contribution in [3.63, 3.8) is 0 Å². The lowest BCUT2D eigenvalue weighted by atomic mass is 10.6. The van der Waals surface area contributed by atoms with Crippen LogP contribution in [0.1, 0.15) is 12.6 Å². The van der Waals surface area contributed by atoms with Gasteiger partial charge in [0.15, 0.2) is 11.0 Å². The third-order valence-electron chi connectivity index (χ3n) is 2.18. The maximum absolute atomic E-state index is 10.4. The molecule has 0 fully saturated rings. The van der Waals surface area contributed by atoms with Gasteiger partial charge in [-0.2, -0.15) is 11.8 Å². The molecule has 112 valence electrons. The third-order valence-corrected chi connectivity index (χ3v) is 4.08. The second-order valence-electron chi connectivity index (χ2n) is 3.73. The zero-order valence-electron chi connectivity index (χ0n) is 11.5. The van der Waals surface area contributed by atoms with Gasteiger partial charge >= 0.3 is 0 Å². The average molecular weight is 317 g/mol. The summed E-state index contributed by atoms with van der Waals surface area (Å²) in [5.74, 6) is 2.14. The first kappa shape index (κ1) is 16.6. The van der Waals surface area contributed by atoms with Gasteiger partial charge in [-0.25, -0.2) is 4.98 Å². The van der Waals surface area contributed by atoms with Gasteiger partial charge in [-0.1, -0.05) is 0 Å². The highest BCUT2D eigenvalue weighted by atomic mass is 32.2. The van der Waals surface area contributed by atoms with E-state index in [0.29, 0.717) is 18.9 Å². The lowest BCUT2D eigenvalue weighted by Crippen LogP contribution is -2.28. The fourth-order valence-electron chi connectivity index (χ4n) is 1.37. The average Bonchev–Trinajstić information content (AvgIpc) is 2.86. The van der Waals surface area contributed by atoms with E-state index in [1.165, 1.54) is 0 Å². The first-order valence-corrected chi connectivity index (χ1v) is 8.22. The number of hydrogen-bond acceptors (Lipinski definition) is 8. The number of thioether (sulfide) groups is 1. The summed E-state index contributed by atoms with van der Waals surface area (Å²) < 4.78 is 0. The first-order chi connectivity index (χ1) is 9.65. The van der Waals surface area contributed by atoms with Crippen LogP contribution < -0.4 is 16.0 Å². The highest BCUT2D eigenvalue weighted by molar-refractivity contribution is 7.98. The van der Waals surface area contributed by atoms with Gasteiger partial charge in [-0.3, -0.25) is 10.1 Å². The van der Waals surface area contributed by atoms with Crippen molar-refractivity contribution in [3.05, 3.63) is 33.2 Å². The van der Waals surface area contributed by atoms with E-state index >= 15 is 0 Å². The zero-order valence-corrected chi connectivity index (χ0v) is 13.1. The summed E-state index contributed by atoms with van der Waals surface area (Å²) in [4.78, 5) is 14.3. The summed E-state index contributed by atoms with van der Waals surface area (Å²) in [6, 6.07) is 0. The lowest BCUT2D eigenvalue weighted by molar-refractivity contribution is -0.404. The Morgan fingerprint density at radius 2 is 2.40 bits per heavy atom. The van der Waals surface area contributed by atoms with Crippen LogP contribution in [0.5, 0.6) is 0 Å². The normalized spacial score (nSPS) is 11.2. The maximum Gasteiger partial charge on any atom is 0.274 e. The largest absolute Gasteiger partial charge is 0.367 e. The molecule has 0 aromatic carbocycles. The number of rotatable bonds is 10. The smallest absolute Gasteiger partial charge is 0.274 e. The van der Waals surface area contributed by atoms with Crippen LogP contribution >= 0.6 is 23.1 Å². The molecule has 0 aliphatic rings. The molecule has 1 rings (SSSR count). The molecule has 0 aliphatic carbocycles. The number of nitro groups is 1. The standard InChI is InChI=1S/C11H19N5O2S2/c1-3-13-10(6-16(17)18)14-4-5-19-7-9-8-20-11(12-2)15-9/h6,8,13-14H,3-5,7H2,1-2H3,(H,12,15)/b10-6-. The SMILES string of the molecule is CCN/C(=C/[N+](=O)[O-])NCCSCc1csc(NC)n1. The Morgan fingerprint density at radius 3 is 3.00 bits per heavy atom. The molecule has 0 radical (unpaired) electrons. The number of thiazole rings is 1. The Morgan fingerprint density at radius 1 is 1.60 bits per heavy atom. The van der Waals surface area contributed by atoms with Gasteiger partial charge in [0.25, 0.3) is 6.20 Å². The van der Waals surface area contributed by atoms with Gasteiger partial charge in [0, 0.05) is 37.0 Å². The lowest BCUT2D eigenvalue weighted by Gasteiger charge is -2.09. The van der Waals surface area contributed by atoms with Crippen molar-refractivity contribution < 1.29 is 4.92 Å². The Bertz CT molecular complexity index is 450. The molecule has 3 N–H and O–H groups in total. The number of nitrogens with zero attached hydrogens (tertiary/aromatic N) is 2. The molecule has 20 heavy (non-hydrogen) atoms. The van der Waals surface area contributed by atoms with Crippen LogP contribution in [0, 0.1) is 10.1 Å². The van der Waals surface area contributed by atoms with Crippen LogP contribution in [0.15, 0.2) is 17.4 Å². The van der Waals surface area contributed by atoms with Crippen molar-refractivity contribution in [2.24, 2.45) is 0 Å². The minimum absolute atomic E-state index is 0.448. The van der Waals surface area contributed by atoms with Crippen molar-refractivity contribution in [1.82, 2.24) is 15.6 Å². The van der Waals surface area contributed by atoms with Crippen LogP contribution in [0.4, 0.5) is 5.13 Å². The predicted octanol–water partition coefficient (Wildman–Crippen LogP) is 1.69. The Kier molecular flexibility index (Phi) is 7.81. The van der Waals surface area contributed by atoms with Crippen LogP contribution in [-0.4, -0.2) is 35.8 Å². The zero-order chi connectivity index (χ0) is 14.8. The molecule has 0 saturated heterocycles. The molecule has 1 aromatic rings. The van der Waals surface area contributed by atoms with Crippen molar-refractivity contribution in [2.75, 3.05) is 31.2 Å². The molecule has 1 aromatic heterocycles. The summed E-state index contributed by atoms with van der Waals surface area (Å²) >= 11 is 3.32. The molecule has 0 saturated carbocycles. The van der Waals surface area contributed by atoms with Crippen molar-refractivity contribution in [1.29, 1.82) is 0 Å². The van der Waals surface area contributed by atoms with E-state index in [0.717, 1.165) is 28.5 Å². The number of aromatic nitrogens is 1. The van der Waals surface area contributed by atoms with E-state index in [4.69, 9.17) is 0 Å². The molecule has 0 amide bonds. The second kappa shape index (κ2) is 9.43. The summed E-state index contributed by atoms with van der Waals surface area (Å²) in [7, 11) is 1.85. The van der Waals surface area contributed by atoms with Crippen molar-refractivity contribution >= 4 is 28.2 Å². The summed E-state index contributed by atoms with van der Waals surface area (Å²) in [5.41, 5.74) is 1.05. The Balaban J connectivity index is 2.21.